The smallest absolute Gasteiger partial charge is 0.191 e. The standard InChI is InChI=1S/C11H13F2NO/c1-15-9-5-4-8(12)11(10(9)13)14-6-2-3-7-14/h4-5H,2-3,6-7H2,1H3. The summed E-state index contributed by atoms with van der Waals surface area (Å²) in [6, 6.07) is 2.56. The van der Waals surface area contributed by atoms with Gasteiger partial charge in [0.15, 0.2) is 11.6 Å². The van der Waals surface area contributed by atoms with Crippen LogP contribution >= 0.6 is 0 Å². The molecule has 1 heterocycles. The van der Waals surface area contributed by atoms with Gasteiger partial charge in [0.05, 0.1) is 7.11 Å². The summed E-state index contributed by atoms with van der Waals surface area (Å²) in [7, 11) is 1.38. The van der Waals surface area contributed by atoms with Crippen LogP contribution in [0.1, 0.15) is 12.8 Å². The zero-order valence-electron chi connectivity index (χ0n) is 8.59. The normalized spacial score (nSPS) is 15.8. The van der Waals surface area contributed by atoms with Crippen LogP contribution in [-0.2, 0) is 0 Å². The van der Waals surface area contributed by atoms with Crippen LogP contribution in [0.15, 0.2) is 12.1 Å². The highest BCUT2D eigenvalue weighted by Crippen LogP contribution is 2.32. The first kappa shape index (κ1) is 10.2. The summed E-state index contributed by atoms with van der Waals surface area (Å²) in [6.45, 7) is 1.42. The Labute approximate surface area is 87.5 Å². The van der Waals surface area contributed by atoms with E-state index in [0.717, 1.165) is 12.8 Å². The molecule has 0 spiro atoms. The van der Waals surface area contributed by atoms with Gasteiger partial charge in [0, 0.05) is 13.1 Å². The lowest BCUT2D eigenvalue weighted by atomic mass is 10.2. The van der Waals surface area contributed by atoms with Crippen LogP contribution in [0.2, 0.25) is 0 Å². The number of halogens is 2. The molecule has 0 aliphatic carbocycles. The van der Waals surface area contributed by atoms with Gasteiger partial charge in [0.2, 0.25) is 0 Å². The Morgan fingerprint density at radius 3 is 2.47 bits per heavy atom. The Kier molecular flexibility index (Phi) is 2.75. The minimum absolute atomic E-state index is 0.0480. The van der Waals surface area contributed by atoms with E-state index in [4.69, 9.17) is 4.74 Å². The van der Waals surface area contributed by atoms with Crippen molar-refractivity contribution in [2.45, 2.75) is 12.8 Å². The number of anilines is 1. The van der Waals surface area contributed by atoms with Gasteiger partial charge >= 0.3 is 0 Å². The fourth-order valence-electron chi connectivity index (χ4n) is 1.91. The van der Waals surface area contributed by atoms with Crippen molar-refractivity contribution in [3.05, 3.63) is 23.8 Å². The van der Waals surface area contributed by atoms with Gasteiger partial charge in [0.25, 0.3) is 0 Å². The van der Waals surface area contributed by atoms with Crippen molar-refractivity contribution in [2.24, 2.45) is 0 Å². The minimum atomic E-state index is -0.598. The monoisotopic (exact) mass is 213 g/mol. The predicted octanol–water partition coefficient (Wildman–Crippen LogP) is 2.57. The zero-order valence-corrected chi connectivity index (χ0v) is 8.59. The lowest BCUT2D eigenvalue weighted by molar-refractivity contribution is 0.384. The molecule has 0 radical (unpaired) electrons. The molecule has 0 aromatic heterocycles. The van der Waals surface area contributed by atoms with Crippen LogP contribution in [-0.4, -0.2) is 20.2 Å². The van der Waals surface area contributed by atoms with E-state index in [2.05, 4.69) is 0 Å². The van der Waals surface area contributed by atoms with E-state index < -0.39 is 11.6 Å². The second-order valence-electron chi connectivity index (χ2n) is 3.61. The summed E-state index contributed by atoms with van der Waals surface area (Å²) in [4.78, 5) is 1.73. The summed E-state index contributed by atoms with van der Waals surface area (Å²) < 4.78 is 32.1. The first-order chi connectivity index (χ1) is 7.24. The van der Waals surface area contributed by atoms with Gasteiger partial charge in [-0.15, -0.1) is 0 Å². The van der Waals surface area contributed by atoms with E-state index in [0.29, 0.717) is 13.1 Å². The zero-order chi connectivity index (χ0) is 10.8. The lowest BCUT2D eigenvalue weighted by Gasteiger charge is -2.19. The molecule has 0 atom stereocenters. The van der Waals surface area contributed by atoms with Crippen molar-refractivity contribution in [1.82, 2.24) is 0 Å². The van der Waals surface area contributed by atoms with Crippen LogP contribution in [0.5, 0.6) is 5.75 Å². The molecule has 0 bridgehead atoms. The molecular formula is C11H13F2NO. The average Bonchev–Trinajstić information content (AvgIpc) is 2.71. The van der Waals surface area contributed by atoms with Gasteiger partial charge in [0.1, 0.15) is 11.5 Å². The first-order valence-corrected chi connectivity index (χ1v) is 5.01. The van der Waals surface area contributed by atoms with Crippen molar-refractivity contribution in [3.8, 4) is 5.75 Å². The quantitative estimate of drug-likeness (QED) is 0.748. The van der Waals surface area contributed by atoms with Crippen LogP contribution in [0.25, 0.3) is 0 Å². The first-order valence-electron chi connectivity index (χ1n) is 5.01. The number of benzene rings is 1. The molecule has 1 aromatic carbocycles. The third-order valence-corrected chi connectivity index (χ3v) is 2.67. The van der Waals surface area contributed by atoms with E-state index in [1.807, 2.05) is 0 Å². The Hall–Kier alpha value is -1.32. The number of ether oxygens (including phenoxy) is 1. The fraction of sp³-hybridized carbons (Fsp3) is 0.455. The van der Waals surface area contributed by atoms with Crippen LogP contribution in [0.4, 0.5) is 14.5 Å². The maximum Gasteiger partial charge on any atom is 0.191 e. The molecule has 2 rings (SSSR count). The van der Waals surface area contributed by atoms with E-state index >= 15 is 0 Å². The van der Waals surface area contributed by atoms with Crippen LogP contribution in [0, 0.1) is 11.6 Å². The van der Waals surface area contributed by atoms with Gasteiger partial charge in [-0.1, -0.05) is 0 Å². The number of methoxy groups -OCH3 is 1. The second-order valence-corrected chi connectivity index (χ2v) is 3.61. The molecule has 0 unspecified atom stereocenters. The molecule has 82 valence electrons. The SMILES string of the molecule is COc1ccc(F)c(N2CCCC2)c1F. The third kappa shape index (κ3) is 1.76. The highest BCUT2D eigenvalue weighted by molar-refractivity contribution is 5.54. The summed E-state index contributed by atoms with van der Waals surface area (Å²) in [5.74, 6) is -1.02. The van der Waals surface area contributed by atoms with Gasteiger partial charge in [-0.2, -0.15) is 0 Å². The molecule has 15 heavy (non-hydrogen) atoms. The molecule has 1 saturated heterocycles. The van der Waals surface area contributed by atoms with E-state index in [1.165, 1.54) is 19.2 Å². The maximum absolute atomic E-state index is 13.8. The van der Waals surface area contributed by atoms with Crippen molar-refractivity contribution in [3.63, 3.8) is 0 Å². The summed E-state index contributed by atoms with van der Waals surface area (Å²) in [5, 5.41) is 0. The Balaban J connectivity index is 2.43. The number of hydrogen-bond donors (Lipinski definition) is 0. The van der Waals surface area contributed by atoms with Crippen molar-refractivity contribution >= 4 is 5.69 Å². The van der Waals surface area contributed by atoms with Gasteiger partial charge < -0.3 is 9.64 Å². The molecule has 0 N–H and O–H groups in total. The lowest BCUT2D eigenvalue weighted by Crippen LogP contribution is -2.20. The van der Waals surface area contributed by atoms with Crippen LogP contribution < -0.4 is 9.64 Å². The van der Waals surface area contributed by atoms with Gasteiger partial charge in [-0.25, -0.2) is 8.78 Å². The maximum atomic E-state index is 13.8. The molecular weight excluding hydrogens is 200 g/mol. The molecule has 0 saturated carbocycles. The predicted molar refractivity (Wildman–Crippen MR) is 54.4 cm³/mol. The van der Waals surface area contributed by atoms with E-state index in [9.17, 15) is 8.78 Å². The van der Waals surface area contributed by atoms with E-state index in [1.54, 1.807) is 4.90 Å². The summed E-state index contributed by atoms with van der Waals surface area (Å²) >= 11 is 0. The highest BCUT2D eigenvalue weighted by atomic mass is 19.1. The number of nitrogens with zero attached hydrogens (tertiary/aromatic N) is 1. The van der Waals surface area contributed by atoms with Crippen molar-refractivity contribution in [1.29, 1.82) is 0 Å². The second kappa shape index (κ2) is 4.04. The fourth-order valence-corrected chi connectivity index (χ4v) is 1.91. The Bertz CT molecular complexity index is 362. The summed E-state index contributed by atoms with van der Waals surface area (Å²) in [6.07, 6.45) is 1.96. The number of rotatable bonds is 2. The highest BCUT2D eigenvalue weighted by Gasteiger charge is 2.22. The molecule has 1 aromatic rings. The van der Waals surface area contributed by atoms with Gasteiger partial charge in [-0.05, 0) is 25.0 Å². The van der Waals surface area contributed by atoms with E-state index in [-0.39, 0.29) is 11.4 Å². The average molecular weight is 213 g/mol. The number of hydrogen-bond acceptors (Lipinski definition) is 2. The minimum Gasteiger partial charge on any atom is -0.494 e. The van der Waals surface area contributed by atoms with Crippen LogP contribution in [0.3, 0.4) is 0 Å². The van der Waals surface area contributed by atoms with Gasteiger partial charge in [-0.3, -0.25) is 0 Å². The molecule has 4 heteroatoms. The summed E-state index contributed by atoms with van der Waals surface area (Å²) in [5.41, 5.74) is 0.0480. The third-order valence-electron chi connectivity index (χ3n) is 2.67. The largest absolute Gasteiger partial charge is 0.494 e. The molecule has 1 aliphatic rings. The van der Waals surface area contributed by atoms with Crippen molar-refractivity contribution < 1.29 is 13.5 Å². The molecule has 0 amide bonds. The van der Waals surface area contributed by atoms with Crippen molar-refractivity contribution in [2.75, 3.05) is 25.1 Å². The Morgan fingerprint density at radius 2 is 1.87 bits per heavy atom. The molecule has 1 fully saturated rings. The molecule has 1 aliphatic heterocycles. The molecule has 2 nitrogen and oxygen atoms in total. The topological polar surface area (TPSA) is 12.5 Å². The Morgan fingerprint density at radius 1 is 1.20 bits per heavy atom.